The van der Waals surface area contributed by atoms with Crippen LogP contribution < -0.4 is 16.8 Å². The summed E-state index contributed by atoms with van der Waals surface area (Å²) >= 11 is 0. The molecule has 2 amide bonds. The van der Waals surface area contributed by atoms with Gasteiger partial charge in [-0.3, -0.25) is 9.59 Å². The van der Waals surface area contributed by atoms with E-state index in [1.807, 2.05) is 0 Å². The number of amides is 2. The highest BCUT2D eigenvalue weighted by atomic mass is 16.2. The number of nitrogens with one attached hydrogen (secondary N) is 1. The third-order valence-electron chi connectivity index (χ3n) is 2.61. The Bertz CT molecular complexity index is 647. The third-order valence-corrected chi connectivity index (χ3v) is 2.61. The first kappa shape index (κ1) is 12.6. The van der Waals surface area contributed by atoms with Crippen molar-refractivity contribution in [3.05, 3.63) is 41.7 Å². The Labute approximate surface area is 109 Å². The van der Waals surface area contributed by atoms with Gasteiger partial charge in [-0.15, -0.1) is 0 Å². The van der Waals surface area contributed by atoms with Crippen molar-refractivity contribution in [2.24, 2.45) is 5.73 Å². The number of hydrogen-bond acceptors (Lipinski definition) is 4. The molecule has 5 N–H and O–H groups in total. The highest BCUT2D eigenvalue weighted by Crippen LogP contribution is 2.18. The predicted molar refractivity (Wildman–Crippen MR) is 69.9 cm³/mol. The second-order valence-corrected chi connectivity index (χ2v) is 3.86. The highest BCUT2D eigenvalue weighted by Gasteiger charge is 2.11. The lowest BCUT2D eigenvalue weighted by molar-refractivity contribution is 0.0956. The van der Waals surface area contributed by atoms with Gasteiger partial charge in [0.05, 0.1) is 11.4 Å². The summed E-state index contributed by atoms with van der Waals surface area (Å²) in [5.41, 5.74) is 12.5. The Morgan fingerprint density at radius 1 is 1.32 bits per heavy atom. The van der Waals surface area contributed by atoms with E-state index >= 15 is 0 Å². The van der Waals surface area contributed by atoms with Gasteiger partial charge in [0.25, 0.3) is 5.91 Å². The summed E-state index contributed by atoms with van der Waals surface area (Å²) in [6.07, 6.45) is 1.61. The quantitative estimate of drug-likeness (QED) is 0.668. The number of hydrogen-bond donors (Lipinski definition) is 3. The van der Waals surface area contributed by atoms with Crippen molar-refractivity contribution in [3.63, 3.8) is 0 Å². The second kappa shape index (κ2) is 4.81. The summed E-state index contributed by atoms with van der Waals surface area (Å²) in [5.74, 6) is -0.837. The molecule has 0 aliphatic heterocycles. The Morgan fingerprint density at radius 2 is 2.05 bits per heavy atom. The lowest BCUT2D eigenvalue weighted by Gasteiger charge is -2.06. The summed E-state index contributed by atoms with van der Waals surface area (Å²) in [4.78, 5) is 22.4. The highest BCUT2D eigenvalue weighted by molar-refractivity contribution is 5.94. The molecule has 0 saturated heterocycles. The van der Waals surface area contributed by atoms with Crippen LogP contribution in [-0.4, -0.2) is 28.6 Å². The van der Waals surface area contributed by atoms with Crippen LogP contribution in [0.25, 0.3) is 5.69 Å². The first-order valence-corrected chi connectivity index (χ1v) is 5.50. The first-order chi connectivity index (χ1) is 9.02. The van der Waals surface area contributed by atoms with Crippen LogP contribution in [0.3, 0.4) is 0 Å². The van der Waals surface area contributed by atoms with Crippen LogP contribution in [-0.2, 0) is 0 Å². The largest absolute Gasteiger partial charge is 0.397 e. The van der Waals surface area contributed by atoms with Crippen LogP contribution in [0.1, 0.15) is 20.8 Å². The van der Waals surface area contributed by atoms with Crippen molar-refractivity contribution in [1.82, 2.24) is 15.1 Å². The lowest BCUT2D eigenvalue weighted by atomic mass is 10.1. The zero-order valence-corrected chi connectivity index (χ0v) is 10.3. The number of nitrogen functional groups attached to an aromatic ring is 1. The molecule has 0 atom stereocenters. The second-order valence-electron chi connectivity index (χ2n) is 3.86. The summed E-state index contributed by atoms with van der Waals surface area (Å²) in [5, 5.41) is 6.57. The molecule has 1 heterocycles. The van der Waals surface area contributed by atoms with Gasteiger partial charge >= 0.3 is 0 Å². The van der Waals surface area contributed by atoms with Gasteiger partial charge in [-0.05, 0) is 24.3 Å². The van der Waals surface area contributed by atoms with Crippen molar-refractivity contribution in [2.45, 2.75) is 0 Å². The minimum atomic E-state index is -0.551. The summed E-state index contributed by atoms with van der Waals surface area (Å²) in [7, 11) is 1.53. The molecule has 0 saturated carbocycles. The number of benzene rings is 1. The molecule has 0 unspecified atom stereocenters. The maximum Gasteiger partial charge on any atom is 0.271 e. The number of carbonyl (C=O) groups excluding carboxylic acids is 2. The molecule has 2 aromatic rings. The maximum absolute atomic E-state index is 11.4. The van der Waals surface area contributed by atoms with Gasteiger partial charge in [0, 0.05) is 18.8 Å². The minimum absolute atomic E-state index is 0.279. The molecule has 1 aromatic carbocycles. The van der Waals surface area contributed by atoms with Gasteiger partial charge in [-0.1, -0.05) is 0 Å². The monoisotopic (exact) mass is 259 g/mol. The summed E-state index contributed by atoms with van der Waals surface area (Å²) < 4.78 is 1.46. The zero-order valence-electron chi connectivity index (χ0n) is 10.3. The number of nitrogens with zero attached hydrogens (tertiary/aromatic N) is 2. The molecule has 0 fully saturated rings. The van der Waals surface area contributed by atoms with Crippen LogP contribution in [0.4, 0.5) is 5.69 Å². The van der Waals surface area contributed by atoms with Gasteiger partial charge in [0.1, 0.15) is 0 Å². The molecule has 0 aliphatic carbocycles. The van der Waals surface area contributed by atoms with Crippen LogP contribution in [0.2, 0.25) is 0 Å². The van der Waals surface area contributed by atoms with E-state index < -0.39 is 5.91 Å². The predicted octanol–water partition coefficient (Wildman–Crippen LogP) is -0.0870. The van der Waals surface area contributed by atoms with E-state index in [1.165, 1.54) is 17.8 Å². The third kappa shape index (κ3) is 2.39. The van der Waals surface area contributed by atoms with Gasteiger partial charge < -0.3 is 16.8 Å². The average molecular weight is 259 g/mol. The normalized spacial score (nSPS) is 10.2. The molecule has 0 radical (unpaired) electrons. The smallest absolute Gasteiger partial charge is 0.271 e. The van der Waals surface area contributed by atoms with Crippen molar-refractivity contribution >= 4 is 17.5 Å². The fourth-order valence-electron chi connectivity index (χ4n) is 1.62. The number of rotatable bonds is 3. The maximum atomic E-state index is 11.4. The Balaban J connectivity index is 2.39. The van der Waals surface area contributed by atoms with Crippen LogP contribution in [0.15, 0.2) is 30.5 Å². The van der Waals surface area contributed by atoms with E-state index in [-0.39, 0.29) is 11.6 Å². The van der Waals surface area contributed by atoms with E-state index in [4.69, 9.17) is 11.5 Å². The van der Waals surface area contributed by atoms with Crippen molar-refractivity contribution in [3.8, 4) is 5.69 Å². The lowest BCUT2D eigenvalue weighted by Crippen LogP contribution is -2.18. The molecule has 98 valence electrons. The average Bonchev–Trinajstić information content (AvgIpc) is 2.87. The molecule has 2 rings (SSSR count). The zero-order chi connectivity index (χ0) is 14.0. The van der Waals surface area contributed by atoms with Crippen LogP contribution in [0, 0.1) is 0 Å². The number of aromatic nitrogens is 2. The summed E-state index contributed by atoms with van der Waals surface area (Å²) in [6.45, 7) is 0. The minimum Gasteiger partial charge on any atom is -0.397 e. The van der Waals surface area contributed by atoms with E-state index in [0.717, 1.165) is 0 Å². The topological polar surface area (TPSA) is 116 Å². The van der Waals surface area contributed by atoms with Crippen LogP contribution in [0.5, 0.6) is 0 Å². The van der Waals surface area contributed by atoms with E-state index in [2.05, 4.69) is 10.4 Å². The van der Waals surface area contributed by atoms with E-state index in [1.54, 1.807) is 24.4 Å². The fraction of sp³-hybridized carbons (Fsp3) is 0.0833. The van der Waals surface area contributed by atoms with Crippen LogP contribution >= 0.6 is 0 Å². The molecular weight excluding hydrogens is 246 g/mol. The number of carbonyl (C=O) groups is 2. The SMILES string of the molecule is CNC(=O)c1ccn(-c2ccc(C(N)=O)cc2N)n1. The molecule has 1 aromatic heterocycles. The molecule has 7 heteroatoms. The molecule has 0 aliphatic rings. The van der Waals surface area contributed by atoms with E-state index in [0.29, 0.717) is 16.9 Å². The molecule has 0 spiro atoms. The number of primary amides is 1. The fourth-order valence-corrected chi connectivity index (χ4v) is 1.62. The molecule has 0 bridgehead atoms. The number of nitrogens with two attached hydrogens (primary N) is 2. The Hall–Kier alpha value is -2.83. The summed E-state index contributed by atoms with van der Waals surface area (Å²) in [6, 6.07) is 6.21. The molecular formula is C12H13N5O2. The molecule has 7 nitrogen and oxygen atoms in total. The van der Waals surface area contributed by atoms with Gasteiger partial charge in [-0.25, -0.2) is 4.68 Å². The molecule has 19 heavy (non-hydrogen) atoms. The Morgan fingerprint density at radius 3 is 2.63 bits per heavy atom. The van der Waals surface area contributed by atoms with Crippen molar-refractivity contribution in [2.75, 3.05) is 12.8 Å². The van der Waals surface area contributed by atoms with Gasteiger partial charge in [-0.2, -0.15) is 5.10 Å². The van der Waals surface area contributed by atoms with Gasteiger partial charge in [0.15, 0.2) is 5.69 Å². The standard InChI is InChI=1S/C12H13N5O2/c1-15-12(19)9-4-5-17(16-9)10-3-2-7(11(14)18)6-8(10)13/h2-6H,13H2,1H3,(H2,14,18)(H,15,19). The first-order valence-electron chi connectivity index (χ1n) is 5.50. The van der Waals surface area contributed by atoms with Gasteiger partial charge in [0.2, 0.25) is 5.91 Å². The van der Waals surface area contributed by atoms with Crippen molar-refractivity contribution in [1.29, 1.82) is 0 Å². The number of anilines is 1. The van der Waals surface area contributed by atoms with Crippen molar-refractivity contribution < 1.29 is 9.59 Å². The Kier molecular flexibility index (Phi) is 3.19. The van der Waals surface area contributed by atoms with E-state index in [9.17, 15) is 9.59 Å².